The molecule has 0 aromatic heterocycles. The van der Waals surface area contributed by atoms with Gasteiger partial charge in [-0.2, -0.15) is 0 Å². The first-order valence-electron chi connectivity index (χ1n) is 9.92. The van der Waals surface area contributed by atoms with Gasteiger partial charge in [-0.25, -0.2) is 0 Å². The van der Waals surface area contributed by atoms with E-state index in [1.165, 1.54) is 0 Å². The monoisotopic (exact) mass is 382 g/mol. The molecule has 2 aromatic rings. The second kappa shape index (κ2) is 10.8. The van der Waals surface area contributed by atoms with Gasteiger partial charge in [-0.1, -0.05) is 35.9 Å². The average Bonchev–Trinajstić information content (AvgIpc) is 2.73. The molecule has 150 valence electrons. The number of piperazine rings is 1. The van der Waals surface area contributed by atoms with E-state index in [9.17, 15) is 4.79 Å². The highest BCUT2D eigenvalue weighted by Crippen LogP contribution is 2.18. The Bertz CT molecular complexity index is 742. The zero-order chi connectivity index (χ0) is 19.6. The van der Waals surface area contributed by atoms with Crippen LogP contribution in [-0.2, 0) is 11.3 Å². The molecule has 6 nitrogen and oxygen atoms in total. The van der Waals surface area contributed by atoms with Crippen molar-refractivity contribution in [2.75, 3.05) is 51.2 Å². The average molecular weight is 383 g/mol. The van der Waals surface area contributed by atoms with Crippen LogP contribution < -0.4 is 20.7 Å². The number of ether oxygens (including phenoxy) is 1. The highest BCUT2D eigenvalue weighted by atomic mass is 16.5. The SMILES string of the molecule is Cc1ccc(NC(=O)COc2ccccc2CNCCN2CCNCC2)cc1. The van der Waals surface area contributed by atoms with E-state index in [4.69, 9.17) is 4.74 Å². The zero-order valence-electron chi connectivity index (χ0n) is 16.5. The Hall–Kier alpha value is -2.41. The number of hydrogen-bond acceptors (Lipinski definition) is 5. The van der Waals surface area contributed by atoms with Crippen LogP contribution in [0.4, 0.5) is 5.69 Å². The Morgan fingerprint density at radius 2 is 1.86 bits per heavy atom. The molecular weight excluding hydrogens is 352 g/mol. The molecule has 0 aliphatic carbocycles. The third kappa shape index (κ3) is 6.64. The lowest BCUT2D eigenvalue weighted by atomic mass is 10.2. The van der Waals surface area contributed by atoms with Crippen molar-refractivity contribution < 1.29 is 9.53 Å². The summed E-state index contributed by atoms with van der Waals surface area (Å²) in [5, 5.41) is 9.70. The number of rotatable bonds is 9. The summed E-state index contributed by atoms with van der Waals surface area (Å²) in [6.07, 6.45) is 0. The first-order valence-corrected chi connectivity index (χ1v) is 9.92. The summed E-state index contributed by atoms with van der Waals surface area (Å²) in [5.41, 5.74) is 3.00. The van der Waals surface area contributed by atoms with Crippen molar-refractivity contribution in [3.05, 3.63) is 59.7 Å². The Balaban J connectivity index is 1.42. The van der Waals surface area contributed by atoms with Gasteiger partial charge in [0.2, 0.25) is 0 Å². The molecule has 3 N–H and O–H groups in total. The largest absolute Gasteiger partial charge is 0.483 e. The molecule has 1 heterocycles. The molecule has 0 saturated carbocycles. The van der Waals surface area contributed by atoms with Crippen LogP contribution in [0.5, 0.6) is 5.75 Å². The molecular formula is C22H30N4O2. The summed E-state index contributed by atoms with van der Waals surface area (Å²) in [6.45, 7) is 9.07. The standard InChI is InChI=1S/C22H30N4O2/c1-18-6-8-20(9-7-18)25-22(27)17-28-21-5-3-2-4-19(21)16-24-12-15-26-13-10-23-11-14-26/h2-9,23-24H,10-17H2,1H3,(H,25,27). The van der Waals surface area contributed by atoms with Gasteiger partial charge in [-0.05, 0) is 25.1 Å². The van der Waals surface area contributed by atoms with Gasteiger partial charge in [-0.3, -0.25) is 9.69 Å². The van der Waals surface area contributed by atoms with E-state index in [2.05, 4.69) is 20.9 Å². The van der Waals surface area contributed by atoms with E-state index >= 15 is 0 Å². The number of carbonyl (C=O) groups excluding carboxylic acids is 1. The lowest BCUT2D eigenvalue weighted by Gasteiger charge is -2.27. The number of benzene rings is 2. The normalized spacial score (nSPS) is 14.6. The van der Waals surface area contributed by atoms with Gasteiger partial charge < -0.3 is 20.7 Å². The van der Waals surface area contributed by atoms with Crippen molar-refractivity contribution in [1.82, 2.24) is 15.5 Å². The Kier molecular flexibility index (Phi) is 7.84. The Morgan fingerprint density at radius 3 is 2.64 bits per heavy atom. The van der Waals surface area contributed by atoms with Crippen LogP contribution in [0.1, 0.15) is 11.1 Å². The van der Waals surface area contributed by atoms with E-state index in [1.807, 2.05) is 55.5 Å². The van der Waals surface area contributed by atoms with E-state index in [1.54, 1.807) is 0 Å². The fourth-order valence-electron chi connectivity index (χ4n) is 3.16. The number of para-hydroxylation sites is 1. The Morgan fingerprint density at radius 1 is 1.11 bits per heavy atom. The lowest BCUT2D eigenvalue weighted by Crippen LogP contribution is -2.45. The maximum Gasteiger partial charge on any atom is 0.262 e. The molecule has 1 aliphatic rings. The van der Waals surface area contributed by atoms with E-state index in [0.29, 0.717) is 0 Å². The van der Waals surface area contributed by atoms with Crippen molar-refractivity contribution in [1.29, 1.82) is 0 Å². The summed E-state index contributed by atoms with van der Waals surface area (Å²) in [4.78, 5) is 14.6. The van der Waals surface area contributed by atoms with Crippen molar-refractivity contribution in [3.8, 4) is 5.75 Å². The lowest BCUT2D eigenvalue weighted by molar-refractivity contribution is -0.118. The smallest absolute Gasteiger partial charge is 0.262 e. The highest BCUT2D eigenvalue weighted by Gasteiger charge is 2.10. The molecule has 0 bridgehead atoms. The fraction of sp³-hybridized carbons (Fsp3) is 0.409. The van der Waals surface area contributed by atoms with Crippen LogP contribution in [0.15, 0.2) is 48.5 Å². The van der Waals surface area contributed by atoms with Gasteiger partial charge in [0.1, 0.15) is 5.75 Å². The summed E-state index contributed by atoms with van der Waals surface area (Å²) >= 11 is 0. The topological polar surface area (TPSA) is 65.6 Å². The van der Waals surface area contributed by atoms with Crippen LogP contribution in [0.3, 0.4) is 0 Å². The molecule has 2 aromatic carbocycles. The van der Waals surface area contributed by atoms with Crippen LogP contribution in [-0.4, -0.2) is 56.7 Å². The summed E-state index contributed by atoms with van der Waals surface area (Å²) in [7, 11) is 0. The predicted octanol–water partition coefficient (Wildman–Crippen LogP) is 2.01. The summed E-state index contributed by atoms with van der Waals surface area (Å²) in [5.74, 6) is 0.585. The third-order valence-electron chi connectivity index (χ3n) is 4.80. The summed E-state index contributed by atoms with van der Waals surface area (Å²) in [6, 6.07) is 15.6. The number of anilines is 1. The van der Waals surface area contributed by atoms with Gasteiger partial charge >= 0.3 is 0 Å². The number of hydrogen-bond donors (Lipinski definition) is 3. The van der Waals surface area contributed by atoms with Crippen molar-refractivity contribution >= 4 is 11.6 Å². The van der Waals surface area contributed by atoms with E-state index in [0.717, 1.165) is 68.4 Å². The van der Waals surface area contributed by atoms with Gasteiger partial charge in [0.15, 0.2) is 6.61 Å². The minimum atomic E-state index is -0.162. The van der Waals surface area contributed by atoms with Crippen LogP contribution in [0.2, 0.25) is 0 Å². The second-order valence-electron chi connectivity index (χ2n) is 7.08. The molecule has 1 amide bonds. The minimum absolute atomic E-state index is 0.00827. The van der Waals surface area contributed by atoms with Gasteiger partial charge in [0.25, 0.3) is 5.91 Å². The predicted molar refractivity (Wildman–Crippen MR) is 113 cm³/mol. The first-order chi connectivity index (χ1) is 13.7. The third-order valence-corrected chi connectivity index (χ3v) is 4.80. The number of aryl methyl sites for hydroxylation is 1. The van der Waals surface area contributed by atoms with Gasteiger partial charge in [0.05, 0.1) is 0 Å². The molecule has 28 heavy (non-hydrogen) atoms. The van der Waals surface area contributed by atoms with Crippen molar-refractivity contribution in [2.24, 2.45) is 0 Å². The van der Waals surface area contributed by atoms with Gasteiger partial charge in [0, 0.05) is 57.1 Å². The summed E-state index contributed by atoms with van der Waals surface area (Å²) < 4.78 is 5.77. The zero-order valence-corrected chi connectivity index (χ0v) is 16.5. The highest BCUT2D eigenvalue weighted by molar-refractivity contribution is 5.91. The van der Waals surface area contributed by atoms with Crippen LogP contribution >= 0.6 is 0 Å². The molecule has 3 rings (SSSR count). The molecule has 0 radical (unpaired) electrons. The maximum atomic E-state index is 12.2. The number of carbonyl (C=O) groups is 1. The molecule has 0 spiro atoms. The Labute approximate surface area is 167 Å². The molecule has 0 unspecified atom stereocenters. The van der Waals surface area contributed by atoms with Crippen molar-refractivity contribution in [3.63, 3.8) is 0 Å². The second-order valence-corrected chi connectivity index (χ2v) is 7.08. The van der Waals surface area contributed by atoms with Crippen molar-refractivity contribution in [2.45, 2.75) is 13.5 Å². The number of nitrogens with one attached hydrogen (secondary N) is 3. The maximum absolute atomic E-state index is 12.2. The quantitative estimate of drug-likeness (QED) is 0.579. The van der Waals surface area contributed by atoms with E-state index < -0.39 is 0 Å². The van der Waals surface area contributed by atoms with E-state index in [-0.39, 0.29) is 12.5 Å². The van der Waals surface area contributed by atoms with Gasteiger partial charge in [-0.15, -0.1) is 0 Å². The molecule has 1 aliphatic heterocycles. The minimum Gasteiger partial charge on any atom is -0.483 e. The van der Waals surface area contributed by atoms with Crippen LogP contribution in [0, 0.1) is 6.92 Å². The first kappa shape index (κ1) is 20.3. The number of nitrogens with zero attached hydrogens (tertiary/aromatic N) is 1. The molecule has 6 heteroatoms. The molecule has 1 fully saturated rings. The van der Waals surface area contributed by atoms with Crippen LogP contribution in [0.25, 0.3) is 0 Å². The molecule has 1 saturated heterocycles. The fourth-order valence-corrected chi connectivity index (χ4v) is 3.16. The molecule has 0 atom stereocenters. The number of amides is 1.